The number of imidazole rings is 1. The van der Waals surface area contributed by atoms with Crippen molar-refractivity contribution in [1.29, 1.82) is 0 Å². The molecule has 4 aromatic rings. The van der Waals surface area contributed by atoms with E-state index in [1.807, 2.05) is 30.3 Å². The molecule has 12 heteroatoms. The topological polar surface area (TPSA) is 90.0 Å². The molecule has 2 aromatic heterocycles. The van der Waals surface area contributed by atoms with Crippen molar-refractivity contribution in [2.45, 2.75) is 6.18 Å². The Morgan fingerprint density at radius 1 is 1.03 bits per heavy atom. The van der Waals surface area contributed by atoms with Gasteiger partial charge in [-0.25, -0.2) is 9.78 Å². The number of hydrogen-bond acceptors (Lipinski definition) is 6. The molecule has 0 bridgehead atoms. The van der Waals surface area contributed by atoms with E-state index in [1.165, 1.54) is 29.7 Å². The van der Waals surface area contributed by atoms with E-state index in [4.69, 9.17) is 0 Å². The van der Waals surface area contributed by atoms with Crippen LogP contribution in [0.5, 0.6) is 0 Å². The third-order valence-electron chi connectivity index (χ3n) is 5.29. The molecular formula is C21H18F3N7OS. The van der Waals surface area contributed by atoms with Gasteiger partial charge in [-0.3, -0.25) is 0 Å². The van der Waals surface area contributed by atoms with Crippen LogP contribution in [0.25, 0.3) is 22.4 Å². The molecule has 1 aliphatic rings. The van der Waals surface area contributed by atoms with Gasteiger partial charge >= 0.3 is 12.2 Å². The predicted octanol–water partition coefficient (Wildman–Crippen LogP) is 4.45. The van der Waals surface area contributed by atoms with Crippen LogP contribution in [0, 0.1) is 0 Å². The third-order valence-corrected chi connectivity index (χ3v) is 6.06. The summed E-state index contributed by atoms with van der Waals surface area (Å²) in [7, 11) is 0. The number of nitrogens with zero attached hydrogens (tertiary/aromatic N) is 5. The third kappa shape index (κ3) is 4.46. The largest absolute Gasteiger partial charge is 0.449 e. The van der Waals surface area contributed by atoms with Gasteiger partial charge < -0.3 is 20.1 Å². The number of hydrogen-bond donors (Lipinski definition) is 2. The van der Waals surface area contributed by atoms with Crippen LogP contribution in [0.1, 0.15) is 5.82 Å². The summed E-state index contributed by atoms with van der Waals surface area (Å²) in [5, 5.41) is 3.55. The molecule has 1 aliphatic heterocycles. The maximum Gasteiger partial charge on any atom is 0.449 e. The number of piperazine rings is 1. The summed E-state index contributed by atoms with van der Waals surface area (Å²) in [6, 6.07) is 13.8. The van der Waals surface area contributed by atoms with E-state index >= 15 is 0 Å². The Morgan fingerprint density at radius 3 is 2.52 bits per heavy atom. The van der Waals surface area contributed by atoms with Gasteiger partial charge in [0.25, 0.3) is 0 Å². The van der Waals surface area contributed by atoms with Gasteiger partial charge in [-0.05, 0) is 18.2 Å². The normalized spacial score (nSPS) is 14.6. The summed E-state index contributed by atoms with van der Waals surface area (Å²) in [6.45, 7) is 2.17. The molecule has 170 valence electrons. The summed E-state index contributed by atoms with van der Waals surface area (Å²) < 4.78 is 43.0. The highest BCUT2D eigenvalue weighted by molar-refractivity contribution is 7.09. The maximum atomic E-state index is 12.8. The first-order valence-electron chi connectivity index (χ1n) is 10.1. The van der Waals surface area contributed by atoms with Gasteiger partial charge in [0.05, 0.1) is 11.0 Å². The molecule has 0 unspecified atom stereocenters. The van der Waals surface area contributed by atoms with Crippen molar-refractivity contribution in [2.24, 2.45) is 0 Å². The lowest BCUT2D eigenvalue weighted by atomic mass is 10.2. The highest BCUT2D eigenvalue weighted by Crippen LogP contribution is 2.29. The van der Waals surface area contributed by atoms with Gasteiger partial charge in [0.15, 0.2) is 5.82 Å². The quantitative estimate of drug-likeness (QED) is 0.459. The number of aromatic amines is 1. The highest BCUT2D eigenvalue weighted by Gasteiger charge is 2.34. The van der Waals surface area contributed by atoms with Gasteiger partial charge in [0.1, 0.15) is 0 Å². The Morgan fingerprint density at radius 2 is 1.79 bits per heavy atom. The molecule has 0 aliphatic carbocycles. The van der Waals surface area contributed by atoms with E-state index in [-0.39, 0.29) is 17.1 Å². The van der Waals surface area contributed by atoms with E-state index in [1.54, 1.807) is 4.90 Å². The first-order valence-corrected chi connectivity index (χ1v) is 10.9. The van der Waals surface area contributed by atoms with Crippen molar-refractivity contribution in [1.82, 2.24) is 24.2 Å². The number of aromatic nitrogens is 4. The molecule has 3 heterocycles. The SMILES string of the molecule is O=C(Nc1ccc2nc(C(F)(F)F)[nH]c2c1)N1CCN(c2nc(-c3ccccc3)ns2)CC1. The summed E-state index contributed by atoms with van der Waals surface area (Å²) in [6.07, 6.45) is -4.56. The number of fused-ring (bicyclic) bond motifs is 1. The van der Waals surface area contributed by atoms with Crippen LogP contribution >= 0.6 is 11.5 Å². The van der Waals surface area contributed by atoms with Crippen LogP contribution in [0.3, 0.4) is 0 Å². The van der Waals surface area contributed by atoms with Crippen molar-refractivity contribution in [2.75, 3.05) is 36.4 Å². The standard InChI is InChI=1S/C21H18F3N7OS/c22-21(23,24)18-26-15-7-6-14(12-16(15)27-18)25-19(32)30-8-10-31(11-9-30)20-28-17(29-33-20)13-4-2-1-3-5-13/h1-7,12H,8-11H2,(H,25,32)(H,26,27). The van der Waals surface area contributed by atoms with Crippen molar-refractivity contribution >= 4 is 39.4 Å². The molecule has 0 spiro atoms. The van der Waals surface area contributed by atoms with Crippen LogP contribution in [0.15, 0.2) is 48.5 Å². The second-order valence-corrected chi connectivity index (χ2v) is 8.22. The predicted molar refractivity (Wildman–Crippen MR) is 119 cm³/mol. The number of urea groups is 1. The van der Waals surface area contributed by atoms with Crippen molar-refractivity contribution in [3.05, 3.63) is 54.4 Å². The molecule has 0 saturated carbocycles. The maximum absolute atomic E-state index is 12.8. The number of alkyl halides is 3. The lowest BCUT2D eigenvalue weighted by molar-refractivity contribution is -0.144. The molecule has 1 saturated heterocycles. The summed E-state index contributed by atoms with van der Waals surface area (Å²) in [5.74, 6) is -0.386. The molecule has 33 heavy (non-hydrogen) atoms. The van der Waals surface area contributed by atoms with Crippen molar-refractivity contribution in [3.63, 3.8) is 0 Å². The monoisotopic (exact) mass is 473 g/mol. The first kappa shape index (κ1) is 21.2. The van der Waals surface area contributed by atoms with Gasteiger partial charge in [-0.2, -0.15) is 22.5 Å². The number of anilines is 2. The van der Waals surface area contributed by atoms with E-state index in [0.717, 1.165) is 10.7 Å². The summed E-state index contributed by atoms with van der Waals surface area (Å²) in [5.41, 5.74) is 1.73. The Hall–Kier alpha value is -3.67. The molecule has 2 aromatic carbocycles. The zero-order valence-electron chi connectivity index (χ0n) is 17.1. The van der Waals surface area contributed by atoms with Crippen LogP contribution in [0.4, 0.5) is 28.8 Å². The lowest BCUT2D eigenvalue weighted by Gasteiger charge is -2.34. The van der Waals surface area contributed by atoms with Crippen LogP contribution in [-0.2, 0) is 6.18 Å². The van der Waals surface area contributed by atoms with Gasteiger partial charge in [-0.1, -0.05) is 30.3 Å². The van der Waals surface area contributed by atoms with Gasteiger partial charge in [0.2, 0.25) is 11.0 Å². The Kier molecular flexibility index (Phi) is 5.36. The van der Waals surface area contributed by atoms with E-state index in [9.17, 15) is 18.0 Å². The van der Waals surface area contributed by atoms with Crippen LogP contribution < -0.4 is 10.2 Å². The van der Waals surface area contributed by atoms with E-state index < -0.39 is 12.0 Å². The Labute approximate surface area is 190 Å². The number of nitrogens with one attached hydrogen (secondary N) is 2. The average Bonchev–Trinajstić information content (AvgIpc) is 3.47. The number of amides is 2. The second-order valence-electron chi connectivity index (χ2n) is 7.49. The van der Waals surface area contributed by atoms with Gasteiger partial charge in [0, 0.05) is 49.0 Å². The fourth-order valence-electron chi connectivity index (χ4n) is 3.57. The fraction of sp³-hybridized carbons (Fsp3) is 0.238. The molecule has 1 fully saturated rings. The number of rotatable bonds is 3. The number of carbonyl (C=O) groups is 1. The van der Waals surface area contributed by atoms with E-state index in [2.05, 4.69) is 29.5 Å². The zero-order valence-corrected chi connectivity index (χ0v) is 18.0. The molecule has 0 atom stereocenters. The van der Waals surface area contributed by atoms with Crippen LogP contribution in [-0.4, -0.2) is 56.4 Å². The molecular weight excluding hydrogens is 455 g/mol. The lowest BCUT2D eigenvalue weighted by Crippen LogP contribution is -2.50. The van der Waals surface area contributed by atoms with Crippen molar-refractivity contribution < 1.29 is 18.0 Å². The van der Waals surface area contributed by atoms with Crippen LogP contribution in [0.2, 0.25) is 0 Å². The molecule has 2 amide bonds. The summed E-state index contributed by atoms with van der Waals surface area (Å²) in [4.78, 5) is 26.8. The van der Waals surface area contributed by atoms with Crippen molar-refractivity contribution in [3.8, 4) is 11.4 Å². The number of carbonyl (C=O) groups excluding carboxylic acids is 1. The Bertz CT molecular complexity index is 1280. The Balaban J connectivity index is 1.20. The first-order chi connectivity index (χ1) is 15.9. The zero-order chi connectivity index (χ0) is 23.0. The number of H-pyrrole nitrogens is 1. The minimum absolute atomic E-state index is 0.181. The average molecular weight is 473 g/mol. The summed E-state index contributed by atoms with van der Waals surface area (Å²) >= 11 is 1.32. The second kappa shape index (κ2) is 8.35. The molecule has 8 nitrogen and oxygen atoms in total. The highest BCUT2D eigenvalue weighted by atomic mass is 32.1. The van der Waals surface area contributed by atoms with Gasteiger partial charge in [-0.15, -0.1) is 0 Å². The molecule has 5 rings (SSSR count). The number of benzene rings is 2. The minimum atomic E-state index is -4.56. The van der Waals surface area contributed by atoms with E-state index in [0.29, 0.717) is 37.7 Å². The molecule has 2 N–H and O–H groups in total. The fourth-order valence-corrected chi connectivity index (χ4v) is 4.31. The molecule has 0 radical (unpaired) electrons. The number of halogens is 3. The smallest absolute Gasteiger partial charge is 0.343 e. The minimum Gasteiger partial charge on any atom is -0.343 e.